The molecular formula is C15H11BrN2O2S2. The Bertz CT molecular complexity index is 769. The quantitative estimate of drug-likeness (QED) is 0.453. The first kappa shape index (κ1) is 15.5. The summed E-state index contributed by atoms with van der Waals surface area (Å²) in [5, 5.41) is 10.1. The number of rotatable bonds is 5. The number of thiophene rings is 1. The first-order valence-electron chi connectivity index (χ1n) is 6.47. The van der Waals surface area contributed by atoms with Crippen LogP contribution in [0.1, 0.15) is 17.3 Å². The molecule has 0 bridgehead atoms. The molecule has 0 saturated carbocycles. The minimum absolute atomic E-state index is 0.0355. The largest absolute Gasteiger partial charge is 0.410 e. The number of aromatic nitrogens is 2. The number of halogens is 1. The van der Waals surface area contributed by atoms with E-state index < -0.39 is 0 Å². The summed E-state index contributed by atoms with van der Waals surface area (Å²) in [4.78, 5) is 13.3. The average molecular weight is 395 g/mol. The summed E-state index contributed by atoms with van der Waals surface area (Å²) in [5.41, 5.74) is 0.668. The van der Waals surface area contributed by atoms with Gasteiger partial charge in [0.2, 0.25) is 0 Å². The van der Waals surface area contributed by atoms with E-state index in [9.17, 15) is 4.79 Å². The number of carbonyl (C=O) groups is 1. The van der Waals surface area contributed by atoms with E-state index in [-0.39, 0.29) is 11.0 Å². The highest BCUT2D eigenvalue weighted by molar-refractivity contribution is 9.10. The molecule has 0 fully saturated rings. The normalized spacial score (nSPS) is 12.3. The predicted octanol–water partition coefficient (Wildman–Crippen LogP) is 4.92. The Kier molecular flexibility index (Phi) is 4.75. The molecule has 3 rings (SSSR count). The maximum Gasteiger partial charge on any atom is 0.277 e. The SMILES string of the molecule is CC(Sc1nnc(-c2cccs2)o1)C(=O)c1ccc(Br)cc1. The van der Waals surface area contributed by atoms with Crippen LogP contribution in [0.2, 0.25) is 0 Å². The van der Waals surface area contributed by atoms with Crippen molar-refractivity contribution in [1.82, 2.24) is 10.2 Å². The minimum Gasteiger partial charge on any atom is -0.410 e. The Balaban J connectivity index is 1.70. The van der Waals surface area contributed by atoms with E-state index in [1.807, 2.05) is 36.6 Å². The van der Waals surface area contributed by atoms with Gasteiger partial charge in [-0.05, 0) is 30.5 Å². The third kappa shape index (κ3) is 3.48. The van der Waals surface area contributed by atoms with Crippen molar-refractivity contribution in [2.45, 2.75) is 17.4 Å². The van der Waals surface area contributed by atoms with Crippen LogP contribution in [0.25, 0.3) is 10.8 Å². The van der Waals surface area contributed by atoms with Crippen LogP contribution in [0.4, 0.5) is 0 Å². The lowest BCUT2D eigenvalue weighted by atomic mass is 10.1. The maximum atomic E-state index is 12.4. The molecule has 0 aliphatic carbocycles. The van der Waals surface area contributed by atoms with Gasteiger partial charge in [-0.2, -0.15) is 0 Å². The van der Waals surface area contributed by atoms with Gasteiger partial charge in [0.15, 0.2) is 5.78 Å². The molecular weight excluding hydrogens is 384 g/mol. The van der Waals surface area contributed by atoms with E-state index in [4.69, 9.17) is 4.42 Å². The van der Waals surface area contributed by atoms with Crippen LogP contribution in [0, 0.1) is 0 Å². The smallest absolute Gasteiger partial charge is 0.277 e. The number of ketones is 1. The molecule has 0 radical (unpaired) electrons. The van der Waals surface area contributed by atoms with Gasteiger partial charge in [0.05, 0.1) is 10.1 Å². The van der Waals surface area contributed by atoms with Crippen molar-refractivity contribution in [2.24, 2.45) is 0 Å². The lowest BCUT2D eigenvalue weighted by Crippen LogP contribution is -2.13. The number of hydrogen-bond donors (Lipinski definition) is 0. The highest BCUT2D eigenvalue weighted by Crippen LogP contribution is 2.29. The number of hydrogen-bond acceptors (Lipinski definition) is 6. The molecule has 0 aliphatic rings. The van der Waals surface area contributed by atoms with Crippen molar-refractivity contribution in [2.75, 3.05) is 0 Å². The molecule has 0 saturated heterocycles. The lowest BCUT2D eigenvalue weighted by Gasteiger charge is -2.07. The van der Waals surface area contributed by atoms with E-state index >= 15 is 0 Å². The Morgan fingerprint density at radius 3 is 2.73 bits per heavy atom. The van der Waals surface area contributed by atoms with Gasteiger partial charge in [-0.15, -0.1) is 21.5 Å². The first-order chi connectivity index (χ1) is 10.6. The third-order valence-corrected chi connectivity index (χ3v) is 5.23. The predicted molar refractivity (Wildman–Crippen MR) is 91.4 cm³/mol. The molecule has 7 heteroatoms. The first-order valence-corrected chi connectivity index (χ1v) is 9.02. The molecule has 0 spiro atoms. The Morgan fingerprint density at radius 2 is 2.05 bits per heavy atom. The van der Waals surface area contributed by atoms with Crippen molar-refractivity contribution in [3.8, 4) is 10.8 Å². The van der Waals surface area contributed by atoms with E-state index in [2.05, 4.69) is 26.1 Å². The van der Waals surface area contributed by atoms with Gasteiger partial charge >= 0.3 is 0 Å². The fourth-order valence-corrected chi connectivity index (χ4v) is 3.48. The van der Waals surface area contributed by atoms with Crippen molar-refractivity contribution in [1.29, 1.82) is 0 Å². The molecule has 1 unspecified atom stereocenters. The number of carbonyl (C=O) groups excluding carboxylic acids is 1. The van der Waals surface area contributed by atoms with Gasteiger partial charge in [-0.1, -0.05) is 45.9 Å². The van der Waals surface area contributed by atoms with Crippen LogP contribution in [0.3, 0.4) is 0 Å². The molecule has 112 valence electrons. The summed E-state index contributed by atoms with van der Waals surface area (Å²) < 4.78 is 6.54. The molecule has 4 nitrogen and oxygen atoms in total. The molecule has 0 aliphatic heterocycles. The van der Waals surface area contributed by atoms with Crippen molar-refractivity contribution in [3.05, 3.63) is 51.8 Å². The minimum atomic E-state index is -0.294. The third-order valence-electron chi connectivity index (χ3n) is 2.91. The maximum absolute atomic E-state index is 12.4. The second-order valence-electron chi connectivity index (χ2n) is 4.48. The van der Waals surface area contributed by atoms with Gasteiger partial charge in [0.1, 0.15) is 0 Å². The number of Topliss-reactive ketones (excluding diaryl/α,β-unsaturated/α-hetero) is 1. The van der Waals surface area contributed by atoms with E-state index in [0.717, 1.165) is 9.35 Å². The zero-order valence-electron chi connectivity index (χ0n) is 11.5. The summed E-state index contributed by atoms with van der Waals surface area (Å²) in [6.07, 6.45) is 0. The second-order valence-corrected chi connectivity index (χ2v) is 7.64. The fraction of sp³-hybridized carbons (Fsp3) is 0.133. The lowest BCUT2D eigenvalue weighted by molar-refractivity contribution is 0.0993. The van der Waals surface area contributed by atoms with Crippen LogP contribution in [0.15, 0.2) is 55.9 Å². The molecule has 1 aromatic carbocycles. The van der Waals surface area contributed by atoms with Gasteiger partial charge in [0, 0.05) is 10.0 Å². The van der Waals surface area contributed by atoms with Crippen molar-refractivity contribution >= 4 is 44.8 Å². The number of nitrogens with zero attached hydrogens (tertiary/aromatic N) is 2. The molecule has 0 N–H and O–H groups in total. The topological polar surface area (TPSA) is 56.0 Å². The Hall–Kier alpha value is -1.44. The molecule has 2 aromatic heterocycles. The number of thioether (sulfide) groups is 1. The standard InChI is InChI=1S/C15H11BrN2O2S2/c1-9(13(19)10-4-6-11(16)7-5-10)22-15-18-17-14(20-15)12-3-2-8-21-12/h2-9H,1H3. The van der Waals surface area contributed by atoms with E-state index in [0.29, 0.717) is 16.7 Å². The van der Waals surface area contributed by atoms with Crippen LogP contribution in [-0.2, 0) is 0 Å². The van der Waals surface area contributed by atoms with E-state index in [1.54, 1.807) is 12.1 Å². The van der Waals surface area contributed by atoms with Crippen LogP contribution < -0.4 is 0 Å². The zero-order valence-corrected chi connectivity index (χ0v) is 14.7. The molecule has 2 heterocycles. The molecule has 3 aromatic rings. The highest BCUT2D eigenvalue weighted by atomic mass is 79.9. The van der Waals surface area contributed by atoms with Gasteiger partial charge in [-0.25, -0.2) is 0 Å². The van der Waals surface area contributed by atoms with Gasteiger partial charge in [0.25, 0.3) is 11.1 Å². The van der Waals surface area contributed by atoms with Gasteiger partial charge < -0.3 is 4.42 Å². The van der Waals surface area contributed by atoms with Gasteiger partial charge in [-0.3, -0.25) is 4.79 Å². The monoisotopic (exact) mass is 394 g/mol. The zero-order chi connectivity index (χ0) is 15.5. The van der Waals surface area contributed by atoms with Crippen LogP contribution in [0.5, 0.6) is 0 Å². The molecule has 0 amide bonds. The fourth-order valence-electron chi connectivity index (χ4n) is 1.81. The van der Waals surface area contributed by atoms with Crippen molar-refractivity contribution < 1.29 is 9.21 Å². The Labute approximate surface area is 144 Å². The summed E-state index contributed by atoms with van der Waals surface area (Å²) in [5.74, 6) is 0.522. The number of benzene rings is 1. The van der Waals surface area contributed by atoms with Crippen LogP contribution >= 0.6 is 39.0 Å². The van der Waals surface area contributed by atoms with Crippen molar-refractivity contribution in [3.63, 3.8) is 0 Å². The Morgan fingerprint density at radius 1 is 1.27 bits per heavy atom. The average Bonchev–Trinajstić information content (AvgIpc) is 3.18. The highest BCUT2D eigenvalue weighted by Gasteiger charge is 2.20. The summed E-state index contributed by atoms with van der Waals surface area (Å²) in [6, 6.07) is 11.2. The van der Waals surface area contributed by atoms with Crippen LogP contribution in [-0.4, -0.2) is 21.2 Å². The second kappa shape index (κ2) is 6.76. The summed E-state index contributed by atoms with van der Waals surface area (Å²) in [7, 11) is 0. The summed E-state index contributed by atoms with van der Waals surface area (Å²) in [6.45, 7) is 1.84. The molecule has 22 heavy (non-hydrogen) atoms. The summed E-state index contributed by atoms with van der Waals surface area (Å²) >= 11 is 6.17. The molecule has 1 atom stereocenters. The van der Waals surface area contributed by atoms with E-state index in [1.165, 1.54) is 23.1 Å².